The molecule has 8 N–H and O–H groups in total. The van der Waals surface area contributed by atoms with Gasteiger partial charge in [0.05, 0.1) is 55.3 Å². The van der Waals surface area contributed by atoms with Crippen LogP contribution in [0.2, 0.25) is 0 Å². The number of hydrogen-bond donors (Lipinski definition) is 6. The minimum Gasteiger partial charge on any atom is -0.397 e. The van der Waals surface area contributed by atoms with Crippen molar-refractivity contribution < 1.29 is 51.9 Å². The van der Waals surface area contributed by atoms with Gasteiger partial charge < -0.3 is 11.5 Å². The summed E-state index contributed by atoms with van der Waals surface area (Å²) in [5.74, 6) is 0. The summed E-state index contributed by atoms with van der Waals surface area (Å²) in [5, 5.41) is 32.4. The number of azo groups is 4. The number of rotatable bonds is 13. The Morgan fingerprint density at radius 1 is 0.323 bits per heavy atom. The normalized spacial score (nSPS) is 12.9. The molecule has 0 aliphatic heterocycles. The topological polar surface area (TPSA) is 368 Å². The van der Waals surface area contributed by atoms with Crippen LogP contribution in [-0.2, 0) is 40.5 Å². The Morgan fingerprint density at radius 3 is 0.774 bits per heavy atom. The van der Waals surface area contributed by atoms with Crippen molar-refractivity contribution in [3.8, 4) is 11.1 Å². The van der Waals surface area contributed by atoms with Crippen molar-refractivity contribution in [2.24, 2.45) is 40.9 Å². The van der Waals surface area contributed by atoms with Gasteiger partial charge >= 0.3 is 0 Å². The molecule has 0 heterocycles. The summed E-state index contributed by atoms with van der Waals surface area (Å²) in [4.78, 5) is -2.37. The third-order valence-electron chi connectivity index (χ3n) is 8.18. The van der Waals surface area contributed by atoms with Crippen molar-refractivity contribution >= 4 is 97.3 Å². The number of anilines is 2. The molecule has 0 atom stereocenters. The number of hydrogen-bond acceptors (Lipinski definition) is 18. The van der Waals surface area contributed by atoms with Crippen LogP contribution in [0.25, 0.3) is 11.1 Å². The van der Waals surface area contributed by atoms with Gasteiger partial charge in [-0.15, -0.1) is 10.2 Å². The lowest BCUT2D eigenvalue weighted by atomic mass is 10.0. The fraction of sp³-hybridized carbons (Fsp3) is 0. The average molecular weight is 921 g/mol. The van der Waals surface area contributed by atoms with Crippen LogP contribution >= 0.6 is 0 Å². The number of benzene rings is 6. The van der Waals surface area contributed by atoms with Crippen LogP contribution < -0.4 is 11.5 Å². The van der Waals surface area contributed by atoms with Gasteiger partial charge in [0.1, 0.15) is 21.2 Å². The first-order valence-corrected chi connectivity index (χ1v) is 22.7. The lowest BCUT2D eigenvalue weighted by Gasteiger charge is -2.15. The predicted octanol–water partition coefficient (Wildman–Crippen LogP) is 9.17. The molecular weight excluding hydrogens is 893 g/mol. The number of nitrogens with two attached hydrogens (primary N) is 2. The molecule has 0 spiro atoms. The molecule has 26 heteroatoms. The molecule has 0 saturated heterocycles. The largest absolute Gasteiger partial charge is 0.397 e. The SMILES string of the molecule is Nc1cc(S(=O)(=O)O)c(-c2cc(/N=N/c3ccc(N=Nc4ccc(S(=O)(=O)O)cc4)cc3)c(N)cc2S(=O)(=O)O)cc1N=Nc1ccc(N=Nc2ccc(S(=O)(=O)O)cc2)cc1. The molecule has 0 bridgehead atoms. The van der Waals surface area contributed by atoms with Crippen molar-refractivity contribution in [3.63, 3.8) is 0 Å². The van der Waals surface area contributed by atoms with E-state index in [4.69, 9.17) is 20.6 Å². The van der Waals surface area contributed by atoms with E-state index in [1.54, 1.807) is 0 Å². The quantitative estimate of drug-likeness (QED) is 0.0357. The highest BCUT2D eigenvalue weighted by Gasteiger charge is 2.26. The molecular formula is C36H28N10O12S4. The zero-order chi connectivity index (χ0) is 45.0. The summed E-state index contributed by atoms with van der Waals surface area (Å²) in [6.45, 7) is 0. The van der Waals surface area contributed by atoms with Crippen LogP contribution in [0.5, 0.6) is 0 Å². The highest BCUT2D eigenvalue weighted by atomic mass is 32.2. The number of nitrogens with zero attached hydrogens (tertiary/aromatic N) is 8. The zero-order valence-electron chi connectivity index (χ0n) is 31.0. The van der Waals surface area contributed by atoms with E-state index in [1.165, 1.54) is 72.8 Å². The maximum absolute atomic E-state index is 12.6. The molecule has 318 valence electrons. The van der Waals surface area contributed by atoms with Crippen molar-refractivity contribution in [1.29, 1.82) is 0 Å². The second kappa shape index (κ2) is 17.5. The van der Waals surface area contributed by atoms with Crippen molar-refractivity contribution in [2.75, 3.05) is 11.5 Å². The van der Waals surface area contributed by atoms with Crippen LogP contribution in [0.4, 0.5) is 56.9 Å². The Bertz CT molecular complexity index is 3050. The third-order valence-corrected chi connectivity index (χ3v) is 11.7. The van der Waals surface area contributed by atoms with Gasteiger partial charge in [0.25, 0.3) is 40.5 Å². The van der Waals surface area contributed by atoms with Crippen molar-refractivity contribution in [1.82, 2.24) is 0 Å². The second-order valence-electron chi connectivity index (χ2n) is 12.5. The van der Waals surface area contributed by atoms with Crippen molar-refractivity contribution in [3.05, 3.63) is 121 Å². The molecule has 0 fully saturated rings. The summed E-state index contributed by atoms with van der Waals surface area (Å²) in [6, 6.07) is 25.5. The molecule has 0 amide bonds. The zero-order valence-corrected chi connectivity index (χ0v) is 34.2. The molecule has 6 rings (SSSR count). The third kappa shape index (κ3) is 11.2. The first-order valence-electron chi connectivity index (χ1n) is 16.9. The van der Waals surface area contributed by atoms with Crippen LogP contribution in [0, 0.1) is 0 Å². The maximum Gasteiger partial charge on any atom is 0.295 e. The minimum absolute atomic E-state index is 0.196. The number of nitrogen functional groups attached to an aromatic ring is 2. The molecule has 0 saturated carbocycles. The summed E-state index contributed by atoms with van der Waals surface area (Å²) in [7, 11) is -19.0. The van der Waals surface area contributed by atoms with Crippen LogP contribution in [-0.4, -0.2) is 51.9 Å². The lowest BCUT2D eigenvalue weighted by Crippen LogP contribution is -2.07. The molecule has 62 heavy (non-hydrogen) atoms. The van der Waals surface area contributed by atoms with E-state index in [0.717, 1.165) is 48.5 Å². The highest BCUT2D eigenvalue weighted by Crippen LogP contribution is 2.42. The lowest BCUT2D eigenvalue weighted by molar-refractivity contribution is 0.480. The van der Waals surface area contributed by atoms with Crippen molar-refractivity contribution in [2.45, 2.75) is 19.6 Å². The Kier molecular flexibility index (Phi) is 12.6. The fourth-order valence-electron chi connectivity index (χ4n) is 5.18. The standard InChI is InChI=1S/C36H28N10O12S4/c37-31-19-35(61(53,54)55)29(17-33(31)45-43-23-5-1-21(2-6-23)39-41-25-9-13-27(14-10-25)59(47,48)49)30-18-34(32(38)20-36(30)62(56,57)58)46-44-24-7-3-22(4-8-24)40-42-26-11-15-28(16-12-26)60(50,51)52/h1-20H,37-38H2,(H,47,48,49)(H,50,51,52)(H,53,54,55)(H,56,57,58)/b41-39?,42-40?,45-43+,46-44?. The molecule has 6 aromatic rings. The van der Waals surface area contributed by atoms with E-state index in [-0.39, 0.29) is 55.3 Å². The Hall–Kier alpha value is -7.04. The summed E-state index contributed by atoms with van der Waals surface area (Å²) in [6.07, 6.45) is 0. The second-order valence-corrected chi connectivity index (χ2v) is 18.2. The fourth-order valence-corrected chi connectivity index (χ4v) is 7.59. The van der Waals surface area contributed by atoms with Gasteiger partial charge in [-0.1, -0.05) is 0 Å². The van der Waals surface area contributed by atoms with Gasteiger partial charge in [0.15, 0.2) is 0 Å². The Balaban J connectivity index is 1.28. The Labute approximate surface area is 352 Å². The van der Waals surface area contributed by atoms with Crippen LogP contribution in [0.1, 0.15) is 0 Å². The first-order chi connectivity index (χ1) is 29.0. The molecule has 6 aromatic carbocycles. The van der Waals surface area contributed by atoms with E-state index in [2.05, 4.69) is 40.9 Å². The van der Waals surface area contributed by atoms with Gasteiger partial charge in [0.2, 0.25) is 0 Å². The van der Waals surface area contributed by atoms with Gasteiger partial charge in [0, 0.05) is 11.1 Å². The molecule has 0 unspecified atom stereocenters. The van der Waals surface area contributed by atoms with Crippen LogP contribution in [0.3, 0.4) is 0 Å². The minimum atomic E-state index is -5.12. The van der Waals surface area contributed by atoms with E-state index in [1.807, 2.05) is 0 Å². The molecule has 0 aromatic heterocycles. The molecule has 0 aliphatic rings. The van der Waals surface area contributed by atoms with Crippen LogP contribution in [0.15, 0.2) is 182 Å². The van der Waals surface area contributed by atoms with E-state index >= 15 is 0 Å². The molecule has 22 nitrogen and oxygen atoms in total. The smallest absolute Gasteiger partial charge is 0.295 e. The average Bonchev–Trinajstić information content (AvgIpc) is 3.21. The summed E-state index contributed by atoms with van der Waals surface area (Å²) < 4.78 is 134. The molecule has 0 radical (unpaired) electrons. The van der Waals surface area contributed by atoms with E-state index in [0.29, 0.717) is 11.4 Å². The van der Waals surface area contributed by atoms with Gasteiger partial charge in [-0.3, -0.25) is 18.2 Å². The van der Waals surface area contributed by atoms with Gasteiger partial charge in [-0.05, 0) is 121 Å². The van der Waals surface area contributed by atoms with Gasteiger partial charge in [-0.2, -0.15) is 64.4 Å². The first kappa shape index (κ1) is 44.5. The van der Waals surface area contributed by atoms with Gasteiger partial charge in [-0.25, -0.2) is 0 Å². The van der Waals surface area contributed by atoms with E-state index in [9.17, 15) is 42.8 Å². The highest BCUT2D eigenvalue weighted by molar-refractivity contribution is 7.86. The van der Waals surface area contributed by atoms with E-state index < -0.39 is 61.4 Å². The molecule has 0 aliphatic carbocycles. The summed E-state index contributed by atoms with van der Waals surface area (Å²) >= 11 is 0. The maximum atomic E-state index is 12.6. The predicted molar refractivity (Wildman–Crippen MR) is 222 cm³/mol. The summed E-state index contributed by atoms with van der Waals surface area (Å²) in [5.41, 5.74) is 11.9. The Morgan fingerprint density at radius 2 is 0.548 bits per heavy atom. The monoisotopic (exact) mass is 920 g/mol.